The first-order valence-corrected chi connectivity index (χ1v) is 6.57. The van der Waals surface area contributed by atoms with Gasteiger partial charge in [0.05, 0.1) is 0 Å². The van der Waals surface area contributed by atoms with Crippen LogP contribution in [0.2, 0.25) is 0 Å². The van der Waals surface area contributed by atoms with Crippen molar-refractivity contribution in [1.29, 1.82) is 0 Å². The standard InChI is InChI=1S/C17H22O2/c1-4-6-8-14-12-15(9-10-16(14)18)17(19)11-13(3)7-5-2/h9-10,12-13,18H,4,6,8,11H2,1-3H3/i2T,11T. The van der Waals surface area contributed by atoms with E-state index in [2.05, 4.69) is 18.8 Å². The first-order valence-electron chi connectivity index (χ1n) is 7.85. The number of carbonyl (C=O) groups excluding carboxylic acids is 1. The lowest BCUT2D eigenvalue weighted by molar-refractivity contribution is 0.0973. The van der Waals surface area contributed by atoms with Gasteiger partial charge in [0.2, 0.25) is 0 Å². The zero-order valence-corrected chi connectivity index (χ0v) is 11.6. The second-order valence-electron chi connectivity index (χ2n) is 4.59. The zero-order chi connectivity index (χ0) is 15.8. The van der Waals surface area contributed by atoms with Crippen molar-refractivity contribution in [2.75, 3.05) is 0 Å². The van der Waals surface area contributed by atoms with Crippen molar-refractivity contribution < 1.29 is 12.6 Å². The lowest BCUT2D eigenvalue weighted by Gasteiger charge is -2.08. The van der Waals surface area contributed by atoms with Gasteiger partial charge in [-0.3, -0.25) is 4.79 Å². The summed E-state index contributed by atoms with van der Waals surface area (Å²) in [7, 11) is 0. The Kier molecular flexibility index (Phi) is 4.94. The van der Waals surface area contributed by atoms with E-state index < -0.39 is 12.3 Å². The predicted octanol–water partition coefficient (Wildman–Crippen LogP) is 3.97. The molecule has 102 valence electrons. The molecule has 2 heteroatoms. The number of ketones is 1. The SMILES string of the molecule is [3H]CC#CC(C)C([3H])C(=O)c1ccc(O)c(CCCC)c1. The van der Waals surface area contributed by atoms with Gasteiger partial charge in [0.15, 0.2) is 5.78 Å². The first-order chi connectivity index (χ1) is 10.0. The number of hydrogen-bond acceptors (Lipinski definition) is 2. The monoisotopic (exact) mass is 262 g/mol. The molecule has 0 fully saturated rings. The van der Waals surface area contributed by atoms with E-state index in [0.717, 1.165) is 24.8 Å². The quantitative estimate of drug-likeness (QED) is 0.622. The maximum absolute atomic E-state index is 12.3. The van der Waals surface area contributed by atoms with E-state index in [4.69, 9.17) is 2.74 Å². The van der Waals surface area contributed by atoms with Crippen molar-refractivity contribution >= 4 is 5.78 Å². The zero-order valence-electron chi connectivity index (χ0n) is 13.6. The van der Waals surface area contributed by atoms with Crippen molar-refractivity contribution in [3.8, 4) is 17.6 Å². The molecule has 0 saturated heterocycles. The third-order valence-electron chi connectivity index (χ3n) is 2.89. The van der Waals surface area contributed by atoms with Crippen LogP contribution in [0.5, 0.6) is 5.75 Å². The summed E-state index contributed by atoms with van der Waals surface area (Å²) in [5.41, 5.74) is 1.19. The van der Waals surface area contributed by atoms with Crippen molar-refractivity contribution in [3.05, 3.63) is 29.3 Å². The van der Waals surface area contributed by atoms with E-state index in [1.165, 1.54) is 6.07 Å². The topological polar surface area (TPSA) is 37.3 Å². The Bertz CT molecular complexity index is 543. The van der Waals surface area contributed by atoms with Gasteiger partial charge in [0.25, 0.3) is 0 Å². The fraction of sp³-hybridized carbons (Fsp3) is 0.471. The molecule has 2 unspecified atom stereocenters. The molecule has 2 nitrogen and oxygen atoms in total. The Morgan fingerprint density at radius 3 is 3.05 bits per heavy atom. The van der Waals surface area contributed by atoms with Crippen LogP contribution in [0.15, 0.2) is 18.2 Å². The number of Topliss-reactive ketones (excluding diaryl/α,β-unsaturated/α-hetero) is 1. The second-order valence-corrected chi connectivity index (χ2v) is 4.59. The fourth-order valence-corrected chi connectivity index (χ4v) is 1.83. The highest BCUT2D eigenvalue weighted by Gasteiger charge is 2.12. The maximum atomic E-state index is 12.3. The highest BCUT2D eigenvalue weighted by atomic mass is 16.3. The predicted molar refractivity (Wildman–Crippen MR) is 78.3 cm³/mol. The van der Waals surface area contributed by atoms with Crippen molar-refractivity contribution in [2.24, 2.45) is 5.92 Å². The number of aromatic hydroxyl groups is 1. The van der Waals surface area contributed by atoms with Gasteiger partial charge in [-0.1, -0.05) is 20.3 Å². The molecule has 0 spiro atoms. The van der Waals surface area contributed by atoms with E-state index in [-0.39, 0.29) is 18.4 Å². The second kappa shape index (κ2) is 7.63. The summed E-state index contributed by atoms with van der Waals surface area (Å²) in [4.78, 5) is 12.3. The molecule has 0 aliphatic rings. The Morgan fingerprint density at radius 1 is 1.58 bits per heavy atom. The summed E-state index contributed by atoms with van der Waals surface area (Å²) < 4.78 is 15.0. The highest BCUT2D eigenvalue weighted by Crippen LogP contribution is 2.22. The molecular weight excluding hydrogens is 236 g/mol. The van der Waals surface area contributed by atoms with Crippen molar-refractivity contribution in [1.82, 2.24) is 0 Å². The van der Waals surface area contributed by atoms with Crippen molar-refractivity contribution in [2.45, 2.75) is 46.4 Å². The van der Waals surface area contributed by atoms with E-state index in [1.54, 1.807) is 19.1 Å². The van der Waals surface area contributed by atoms with Crippen LogP contribution in [0.3, 0.4) is 0 Å². The fourth-order valence-electron chi connectivity index (χ4n) is 1.83. The average molecular weight is 262 g/mol. The van der Waals surface area contributed by atoms with Crippen LogP contribution in [-0.2, 0) is 6.42 Å². The Morgan fingerprint density at radius 2 is 2.37 bits per heavy atom. The highest BCUT2D eigenvalue weighted by molar-refractivity contribution is 5.96. The minimum absolute atomic E-state index is 0.0222. The average Bonchev–Trinajstić information content (AvgIpc) is 2.50. The van der Waals surface area contributed by atoms with Crippen LogP contribution in [0.1, 0.15) is 58.6 Å². The molecule has 1 N–H and O–H groups in total. The molecule has 1 aromatic carbocycles. The van der Waals surface area contributed by atoms with Gasteiger partial charge < -0.3 is 5.11 Å². The van der Waals surface area contributed by atoms with Crippen LogP contribution in [-0.4, -0.2) is 10.9 Å². The first kappa shape index (κ1) is 12.3. The molecule has 1 aromatic rings. The molecule has 0 aromatic heterocycles. The number of phenols is 1. The summed E-state index contributed by atoms with van der Waals surface area (Å²) >= 11 is 0. The van der Waals surface area contributed by atoms with Gasteiger partial charge in [-0.15, -0.1) is 11.8 Å². The lowest BCUT2D eigenvalue weighted by Crippen LogP contribution is -2.05. The number of benzene rings is 1. The number of aryl methyl sites for hydroxylation is 1. The molecule has 0 amide bonds. The summed E-state index contributed by atoms with van der Waals surface area (Å²) in [5.74, 6) is 4.83. The van der Waals surface area contributed by atoms with E-state index in [0.29, 0.717) is 5.56 Å². The number of carbonyl (C=O) groups is 1. The molecule has 0 aliphatic carbocycles. The maximum Gasteiger partial charge on any atom is 0.164 e. The van der Waals surface area contributed by atoms with Crippen LogP contribution in [0.25, 0.3) is 0 Å². The molecule has 0 saturated carbocycles. The molecule has 19 heavy (non-hydrogen) atoms. The van der Waals surface area contributed by atoms with E-state index >= 15 is 0 Å². The molecule has 2 atom stereocenters. The Labute approximate surface area is 118 Å². The minimum atomic E-state index is -0.965. The third kappa shape index (κ3) is 4.79. The number of rotatable bonds is 6. The van der Waals surface area contributed by atoms with Gasteiger partial charge in [0, 0.05) is 20.6 Å². The molecular formula is C17H22O2. The molecule has 1 rings (SSSR count). The van der Waals surface area contributed by atoms with Crippen LogP contribution in [0.4, 0.5) is 0 Å². The normalized spacial score (nSPS) is 14.6. The van der Waals surface area contributed by atoms with Crippen LogP contribution < -0.4 is 0 Å². The van der Waals surface area contributed by atoms with Gasteiger partial charge in [-0.05, 0) is 43.5 Å². The lowest BCUT2D eigenvalue weighted by atomic mass is 9.97. The van der Waals surface area contributed by atoms with Crippen LogP contribution >= 0.6 is 0 Å². The Balaban J connectivity index is 2.91. The Hall–Kier alpha value is -1.75. The summed E-state index contributed by atoms with van der Waals surface area (Å²) in [6, 6.07) is 4.75. The largest absolute Gasteiger partial charge is 0.508 e. The number of unbranched alkanes of at least 4 members (excludes halogenated alkanes) is 1. The van der Waals surface area contributed by atoms with Gasteiger partial charge in [-0.25, -0.2) is 0 Å². The number of phenolic OH excluding ortho intramolecular Hbond substituents is 1. The van der Waals surface area contributed by atoms with Gasteiger partial charge in [0.1, 0.15) is 5.75 Å². The van der Waals surface area contributed by atoms with E-state index in [9.17, 15) is 9.90 Å². The third-order valence-corrected chi connectivity index (χ3v) is 2.89. The molecule has 0 bridgehead atoms. The minimum Gasteiger partial charge on any atom is -0.508 e. The molecule has 0 aliphatic heterocycles. The summed E-state index contributed by atoms with van der Waals surface area (Å²) in [5, 5.41) is 9.81. The smallest absolute Gasteiger partial charge is 0.164 e. The van der Waals surface area contributed by atoms with E-state index in [1.807, 2.05) is 0 Å². The molecule has 0 heterocycles. The van der Waals surface area contributed by atoms with Gasteiger partial charge >= 0.3 is 0 Å². The summed E-state index contributed by atoms with van der Waals surface area (Å²) in [6.07, 6.45) is 1.72. The molecule has 0 radical (unpaired) electrons. The van der Waals surface area contributed by atoms with Crippen LogP contribution in [0, 0.1) is 17.8 Å². The van der Waals surface area contributed by atoms with Crippen molar-refractivity contribution in [3.63, 3.8) is 0 Å². The van der Waals surface area contributed by atoms with Gasteiger partial charge in [-0.2, -0.15) is 0 Å². The number of hydrogen-bond donors (Lipinski definition) is 1. The summed E-state index contributed by atoms with van der Waals surface area (Å²) in [6.45, 7) is 3.76.